The van der Waals surface area contributed by atoms with Gasteiger partial charge >= 0.3 is 24.0 Å². The molecule has 0 aliphatic carbocycles. The number of halogens is 4. The molecule has 0 amide bonds. The number of hydroxylamine groups is 2. The van der Waals surface area contributed by atoms with Crippen LogP contribution in [-0.2, 0) is 29.3 Å². The van der Waals surface area contributed by atoms with Gasteiger partial charge in [0.2, 0.25) is 5.95 Å². The molecule has 3 aromatic heterocycles. The van der Waals surface area contributed by atoms with Crippen molar-refractivity contribution in [3.05, 3.63) is 42.4 Å². The first-order valence-corrected chi connectivity index (χ1v) is 27.3. The van der Waals surface area contributed by atoms with Gasteiger partial charge in [-0.2, -0.15) is 18.4 Å². The number of anilines is 1. The number of fused-ring (bicyclic) bond motifs is 2. The van der Waals surface area contributed by atoms with Gasteiger partial charge in [0.25, 0.3) is 10.1 Å². The Bertz CT molecular complexity index is 2680. The third-order valence-electron chi connectivity index (χ3n) is 11.4. The summed E-state index contributed by atoms with van der Waals surface area (Å²) in [7, 11) is -4.15. The molecular weight excluding hydrogens is 1250 g/mol. The van der Waals surface area contributed by atoms with Crippen LogP contribution in [0.15, 0.2) is 42.4 Å². The van der Waals surface area contributed by atoms with Crippen LogP contribution >= 0.6 is 63.7 Å². The van der Waals surface area contributed by atoms with E-state index in [4.69, 9.17) is 38.8 Å². The molecule has 2 aromatic carbocycles. The third kappa shape index (κ3) is 16.3. The second-order valence-electron chi connectivity index (χ2n) is 16.5. The van der Waals surface area contributed by atoms with Gasteiger partial charge in [0.1, 0.15) is 50.5 Å². The number of ether oxygens (including phenoxy) is 4. The Morgan fingerprint density at radius 1 is 0.740 bits per heavy atom. The van der Waals surface area contributed by atoms with Gasteiger partial charge in [-0.15, -0.1) is 15.9 Å². The van der Waals surface area contributed by atoms with E-state index < -0.39 is 34.1 Å². The van der Waals surface area contributed by atoms with Crippen molar-refractivity contribution in [3.8, 4) is 35.0 Å². The molecule has 30 heteroatoms. The summed E-state index contributed by atoms with van der Waals surface area (Å²) in [5.41, 5.74) is 6.51. The number of hydrogen-bond acceptors (Lipinski definition) is 19. The number of carboxylic acid groups (broad SMARTS) is 2. The Morgan fingerprint density at radius 2 is 1.19 bits per heavy atom. The van der Waals surface area contributed by atoms with E-state index in [1.807, 2.05) is 4.90 Å². The van der Waals surface area contributed by atoms with Crippen molar-refractivity contribution < 1.29 is 80.6 Å². The fourth-order valence-corrected chi connectivity index (χ4v) is 11.3. The molecule has 0 bridgehead atoms. The average Bonchev–Trinajstić information content (AvgIpc) is 3.96. The van der Waals surface area contributed by atoms with E-state index in [2.05, 4.69) is 99.6 Å². The fraction of sp³-hybridized carbons (Fsp3) is 0.465. The first-order valence-electron chi connectivity index (χ1n) is 22.5. The van der Waals surface area contributed by atoms with Gasteiger partial charge < -0.3 is 72.9 Å². The van der Waals surface area contributed by atoms with Crippen LogP contribution in [0, 0.1) is 0 Å². The second-order valence-corrected chi connectivity index (χ2v) is 21.3. The van der Waals surface area contributed by atoms with Crippen LogP contribution in [0.3, 0.4) is 0 Å². The Hall–Kier alpha value is -4.92. The summed E-state index contributed by atoms with van der Waals surface area (Å²) in [5, 5.41) is 28.8. The zero-order valence-electron chi connectivity index (χ0n) is 38.7. The second kappa shape index (κ2) is 27.0. The lowest BCUT2D eigenvalue weighted by Crippen LogP contribution is -2.61. The van der Waals surface area contributed by atoms with Gasteiger partial charge in [-0.3, -0.25) is 14.1 Å². The number of carboxylic acids is 2. The molecule has 73 heavy (non-hydrogen) atoms. The van der Waals surface area contributed by atoms with Gasteiger partial charge in [-0.05, 0) is 88.7 Å². The minimum atomic E-state index is -4.15. The molecule has 25 nitrogen and oxygen atoms in total. The molecule has 1 aliphatic heterocycles. The maximum Gasteiger partial charge on any atom is 0.324 e. The van der Waals surface area contributed by atoms with Gasteiger partial charge in [-0.25, -0.2) is 0 Å². The van der Waals surface area contributed by atoms with Crippen LogP contribution < -0.4 is 44.5 Å². The molecule has 1 aliphatic rings. The molecule has 2 atom stereocenters. The molecule has 5 aromatic rings. The Labute approximate surface area is 450 Å². The monoisotopic (exact) mass is 1300 g/mol. The molecule has 0 radical (unpaired) electrons. The van der Waals surface area contributed by atoms with E-state index in [1.54, 1.807) is 24.5 Å². The number of aliphatic hydroxyl groups is 1. The number of carbonyl (C=O) groups is 4. The maximum atomic E-state index is 11.5. The van der Waals surface area contributed by atoms with E-state index in [1.165, 1.54) is 0 Å². The highest BCUT2D eigenvalue weighted by Gasteiger charge is 2.34. The Balaban J connectivity index is 1.15. The smallest absolute Gasteiger partial charge is 0.324 e. The quantitative estimate of drug-likeness (QED) is 0.00948. The number of hydrogen-bond donors (Lipinski definition) is 8. The number of aromatic nitrogens is 5. The van der Waals surface area contributed by atoms with Crippen molar-refractivity contribution >= 4 is 126 Å². The minimum absolute atomic E-state index is 0.00635. The highest BCUT2D eigenvalue weighted by Crippen LogP contribution is 2.44. The van der Waals surface area contributed by atoms with Crippen molar-refractivity contribution in [3.63, 3.8) is 0 Å². The molecular formula is C43H52Br4N9O16S+. The fourth-order valence-electron chi connectivity index (χ4n) is 7.70. The molecule has 1 fully saturated rings. The standard InChI is InChI=1S/C43H51Br4N9O16S/c44-27-19-29-35(31(21-48-29)71-53-25(23-58)3-5-33(60)61)37(46)39(27)67-14-16-69-42-50-41(55-7-11-56(12-8-55,9-1-13-57)10-2-18-73(64,65)66)51-43(52-42)70-17-15-68-40-28(45)20-30-36(38(40)47)32(22-49-30)72-54-26(24-59)4-6-34(62)63/h19-26,48-49,53-54,57H,1-18H2,(H2-,60,61,62,63,64,65,66)/p+1/t25-,26-/m0/s1. The highest BCUT2D eigenvalue weighted by atomic mass is 79.9. The summed E-state index contributed by atoms with van der Waals surface area (Å²) in [6.45, 7) is 2.93. The first kappa shape index (κ1) is 57.4. The topological polar surface area (TPSA) is 336 Å². The number of H-pyrrole nitrogens is 2. The molecule has 8 N–H and O–H groups in total. The summed E-state index contributed by atoms with van der Waals surface area (Å²) in [6, 6.07) is 1.62. The molecule has 0 unspecified atom stereocenters. The number of aliphatic hydroxyl groups excluding tert-OH is 1. The van der Waals surface area contributed by atoms with Gasteiger partial charge in [-0.1, -0.05) is 0 Å². The molecule has 6 rings (SSSR count). The first-order chi connectivity index (χ1) is 34.9. The predicted molar refractivity (Wildman–Crippen MR) is 275 cm³/mol. The number of piperazine rings is 1. The number of aliphatic carboxylic acids is 2. The molecule has 0 saturated carbocycles. The van der Waals surface area contributed by atoms with Gasteiger partial charge in [0.05, 0.1) is 96.8 Å². The predicted octanol–water partition coefficient (Wildman–Crippen LogP) is 4.73. The summed E-state index contributed by atoms with van der Waals surface area (Å²) in [4.78, 5) is 78.2. The van der Waals surface area contributed by atoms with Crippen molar-refractivity contribution in [1.82, 2.24) is 35.9 Å². The minimum Gasteiger partial charge on any atom is -0.488 e. The SMILES string of the molecule is O=C[C@H](CCC(=O)O)NOc1c[nH]c2cc(Br)c(OCCOc3nc(OCCOc4c(Br)cc5[nH]cc(ON[C@H](C=O)CCC(=O)O)c5c4Br)nc(N4CC[N+](CCCO)(CCCS(=O)(=O)O)CC4)n3)c(Br)c12. The number of nitrogens with zero attached hydrogens (tertiary/aromatic N) is 5. The van der Waals surface area contributed by atoms with Crippen molar-refractivity contribution in [2.24, 2.45) is 0 Å². The number of quaternary nitrogens is 1. The van der Waals surface area contributed by atoms with E-state index >= 15 is 0 Å². The van der Waals surface area contributed by atoms with Crippen molar-refractivity contribution in [2.75, 3.05) is 83.0 Å². The average molecular weight is 1300 g/mol. The van der Waals surface area contributed by atoms with Crippen molar-refractivity contribution in [1.29, 1.82) is 0 Å². The summed E-state index contributed by atoms with van der Waals surface area (Å²) < 4.78 is 59.4. The lowest BCUT2D eigenvalue weighted by atomic mass is 10.2. The van der Waals surface area contributed by atoms with Crippen LogP contribution in [0.25, 0.3) is 21.8 Å². The van der Waals surface area contributed by atoms with Gasteiger partial charge in [0, 0.05) is 44.7 Å². The molecule has 4 heterocycles. The highest BCUT2D eigenvalue weighted by molar-refractivity contribution is 9.11. The van der Waals surface area contributed by atoms with Crippen LogP contribution in [0.5, 0.6) is 35.0 Å². The van der Waals surface area contributed by atoms with E-state index in [-0.39, 0.29) is 88.9 Å². The van der Waals surface area contributed by atoms with Gasteiger partial charge in [0.15, 0.2) is 11.5 Å². The summed E-state index contributed by atoms with van der Waals surface area (Å²) in [6.07, 6.45) is 4.58. The zero-order chi connectivity index (χ0) is 52.7. The number of aldehydes is 2. The summed E-state index contributed by atoms with van der Waals surface area (Å²) >= 11 is 14.3. The Morgan fingerprint density at radius 3 is 1.62 bits per heavy atom. The number of carbonyl (C=O) groups excluding carboxylic acids is 2. The van der Waals surface area contributed by atoms with E-state index in [0.717, 1.165) is 0 Å². The maximum absolute atomic E-state index is 11.5. The molecule has 1 saturated heterocycles. The molecule has 0 spiro atoms. The Kier molecular flexibility index (Phi) is 21.2. The van der Waals surface area contributed by atoms with Crippen molar-refractivity contribution in [2.45, 2.75) is 50.6 Å². The lowest BCUT2D eigenvalue weighted by molar-refractivity contribution is -0.928. The van der Waals surface area contributed by atoms with Crippen LogP contribution in [0.1, 0.15) is 38.5 Å². The third-order valence-corrected chi connectivity index (χ3v) is 14.9. The number of rotatable bonds is 32. The number of nitrogens with one attached hydrogen (secondary N) is 4. The molecule has 398 valence electrons. The summed E-state index contributed by atoms with van der Waals surface area (Å²) in [5.74, 6) is -0.826. The number of aromatic amines is 2. The normalized spacial score (nSPS) is 14.4. The lowest BCUT2D eigenvalue weighted by Gasteiger charge is -2.45. The van der Waals surface area contributed by atoms with Crippen LogP contribution in [-0.4, -0.2) is 172 Å². The van der Waals surface area contributed by atoms with E-state index in [9.17, 15) is 37.3 Å². The van der Waals surface area contributed by atoms with Crippen LogP contribution in [0.2, 0.25) is 0 Å². The zero-order valence-corrected chi connectivity index (χ0v) is 45.9. The number of benzene rings is 2. The van der Waals surface area contributed by atoms with E-state index in [0.29, 0.717) is 125 Å². The largest absolute Gasteiger partial charge is 0.488 e. The van der Waals surface area contributed by atoms with Crippen LogP contribution in [0.4, 0.5) is 5.95 Å².